The second-order valence-corrected chi connectivity index (χ2v) is 3.73. The van der Waals surface area contributed by atoms with E-state index < -0.39 is 0 Å². The Morgan fingerprint density at radius 3 is 2.62 bits per heavy atom. The number of carbonyl (C=O) groups excluding carboxylic acids is 1. The van der Waals surface area contributed by atoms with Crippen LogP contribution in [0.25, 0.3) is 0 Å². The van der Waals surface area contributed by atoms with E-state index in [1.54, 1.807) is 0 Å². The van der Waals surface area contributed by atoms with Crippen LogP contribution in [-0.2, 0) is 4.79 Å². The van der Waals surface area contributed by atoms with Crippen molar-refractivity contribution in [3.05, 3.63) is 0 Å². The van der Waals surface area contributed by atoms with E-state index in [4.69, 9.17) is 0 Å². The monoisotopic (exact) mass is 178 g/mol. The largest absolute Gasteiger partial charge is 0.291 e. The van der Waals surface area contributed by atoms with E-state index in [9.17, 15) is 4.79 Å². The van der Waals surface area contributed by atoms with E-state index in [1.807, 2.05) is 0 Å². The highest BCUT2D eigenvalue weighted by Crippen LogP contribution is 2.25. The molecular weight excluding hydrogens is 164 g/mol. The number of Topliss-reactive ketones (excluding diaryl/α,β-unsaturated/α-hetero) is 1. The number of nitrogens with zero attached hydrogens (tertiary/aromatic N) is 2. The van der Waals surface area contributed by atoms with Gasteiger partial charge in [0.25, 0.3) is 0 Å². The summed E-state index contributed by atoms with van der Waals surface area (Å²) < 4.78 is 0. The molecule has 0 aromatic heterocycles. The lowest BCUT2D eigenvalue weighted by molar-refractivity contribution is -0.111. The number of aliphatic imine (C=N–C) groups is 2. The Bertz CT molecular complexity index is 262. The first-order valence-corrected chi connectivity index (χ1v) is 4.97. The first-order valence-electron chi connectivity index (χ1n) is 4.97. The molecule has 0 unspecified atom stereocenters. The topological polar surface area (TPSA) is 41.8 Å². The third-order valence-corrected chi connectivity index (χ3v) is 2.71. The van der Waals surface area contributed by atoms with Crippen molar-refractivity contribution in [2.24, 2.45) is 15.9 Å². The summed E-state index contributed by atoms with van der Waals surface area (Å²) in [4.78, 5) is 19.1. The van der Waals surface area contributed by atoms with E-state index in [1.165, 1.54) is 38.3 Å². The molecule has 0 N–H and O–H groups in total. The molecule has 1 saturated carbocycles. The van der Waals surface area contributed by atoms with Gasteiger partial charge in [-0.15, -0.1) is 0 Å². The van der Waals surface area contributed by atoms with E-state index in [0.717, 1.165) is 5.84 Å². The van der Waals surface area contributed by atoms with E-state index in [0.29, 0.717) is 12.5 Å². The van der Waals surface area contributed by atoms with Gasteiger partial charge in [0.15, 0.2) is 5.78 Å². The summed E-state index contributed by atoms with van der Waals surface area (Å²) in [6.45, 7) is 0.315. The van der Waals surface area contributed by atoms with Crippen LogP contribution in [0.2, 0.25) is 0 Å². The molecule has 0 aromatic carbocycles. The second-order valence-electron chi connectivity index (χ2n) is 3.73. The van der Waals surface area contributed by atoms with E-state index in [-0.39, 0.29) is 5.78 Å². The fraction of sp³-hybridized carbons (Fsp3) is 0.700. The molecule has 1 heterocycles. The zero-order valence-corrected chi connectivity index (χ0v) is 7.70. The zero-order chi connectivity index (χ0) is 9.10. The van der Waals surface area contributed by atoms with Crippen LogP contribution in [0.1, 0.15) is 32.1 Å². The van der Waals surface area contributed by atoms with Crippen LogP contribution in [0.4, 0.5) is 0 Å². The van der Waals surface area contributed by atoms with Gasteiger partial charge < -0.3 is 0 Å². The molecule has 0 saturated heterocycles. The van der Waals surface area contributed by atoms with Crippen molar-refractivity contribution in [3.63, 3.8) is 0 Å². The number of rotatable bonds is 1. The SMILES string of the molecule is O=C1C=NC(C2CCCCC2)=NC1. The molecule has 0 radical (unpaired) electrons. The summed E-state index contributed by atoms with van der Waals surface area (Å²) in [6, 6.07) is 0. The van der Waals surface area contributed by atoms with Gasteiger partial charge in [0.05, 0.1) is 6.21 Å². The molecule has 1 fully saturated rings. The molecule has 1 aliphatic heterocycles. The molecule has 0 aromatic rings. The van der Waals surface area contributed by atoms with Crippen molar-refractivity contribution in [3.8, 4) is 0 Å². The van der Waals surface area contributed by atoms with Gasteiger partial charge >= 0.3 is 0 Å². The lowest BCUT2D eigenvalue weighted by atomic mass is 9.88. The Morgan fingerprint density at radius 2 is 2.00 bits per heavy atom. The molecule has 2 aliphatic rings. The lowest BCUT2D eigenvalue weighted by Gasteiger charge is -2.21. The van der Waals surface area contributed by atoms with Crippen LogP contribution in [0.15, 0.2) is 9.98 Å². The van der Waals surface area contributed by atoms with Crippen molar-refractivity contribution < 1.29 is 4.79 Å². The zero-order valence-electron chi connectivity index (χ0n) is 7.70. The fourth-order valence-corrected chi connectivity index (χ4v) is 1.97. The van der Waals surface area contributed by atoms with Crippen LogP contribution in [0, 0.1) is 5.92 Å². The minimum atomic E-state index is 0.0274. The molecule has 1 aliphatic carbocycles. The Labute approximate surface area is 78.0 Å². The summed E-state index contributed by atoms with van der Waals surface area (Å²) in [5.41, 5.74) is 0. The molecule has 3 heteroatoms. The number of carbonyl (C=O) groups is 1. The number of ketones is 1. The highest BCUT2D eigenvalue weighted by molar-refractivity contribution is 6.32. The molecule has 0 spiro atoms. The molecule has 0 bridgehead atoms. The second kappa shape index (κ2) is 3.81. The van der Waals surface area contributed by atoms with Crippen molar-refractivity contribution in [1.82, 2.24) is 0 Å². The smallest absolute Gasteiger partial charge is 0.195 e. The summed E-state index contributed by atoms with van der Waals surface area (Å²) in [5, 5.41) is 0. The number of hydrogen-bond acceptors (Lipinski definition) is 3. The van der Waals surface area contributed by atoms with Crippen molar-refractivity contribution in [1.29, 1.82) is 0 Å². The maximum absolute atomic E-state index is 10.8. The van der Waals surface area contributed by atoms with Crippen molar-refractivity contribution >= 4 is 17.8 Å². The Hall–Kier alpha value is -0.990. The van der Waals surface area contributed by atoms with Gasteiger partial charge in [0, 0.05) is 5.92 Å². The molecule has 3 nitrogen and oxygen atoms in total. The van der Waals surface area contributed by atoms with Gasteiger partial charge in [-0.05, 0) is 12.8 Å². The van der Waals surface area contributed by atoms with Gasteiger partial charge in [-0.1, -0.05) is 19.3 Å². The third kappa shape index (κ3) is 2.02. The standard InChI is InChI=1S/C10H14N2O/c13-9-6-11-10(12-7-9)8-4-2-1-3-5-8/h6,8H,1-5,7H2. The number of hydrogen-bond donors (Lipinski definition) is 0. The van der Waals surface area contributed by atoms with Crippen molar-refractivity contribution in [2.45, 2.75) is 32.1 Å². The quantitative estimate of drug-likeness (QED) is 0.601. The summed E-state index contributed by atoms with van der Waals surface area (Å²) in [5.74, 6) is 1.47. The fourth-order valence-electron chi connectivity index (χ4n) is 1.97. The van der Waals surface area contributed by atoms with Gasteiger partial charge in [-0.2, -0.15) is 0 Å². The predicted molar refractivity (Wildman–Crippen MR) is 52.4 cm³/mol. The summed E-state index contributed by atoms with van der Waals surface area (Å²) in [6.07, 6.45) is 7.73. The summed E-state index contributed by atoms with van der Waals surface area (Å²) in [7, 11) is 0. The molecular formula is C10H14N2O. The van der Waals surface area contributed by atoms with Gasteiger partial charge in [-0.3, -0.25) is 9.79 Å². The first-order chi connectivity index (χ1) is 6.36. The highest BCUT2D eigenvalue weighted by Gasteiger charge is 2.20. The molecule has 70 valence electrons. The average molecular weight is 178 g/mol. The van der Waals surface area contributed by atoms with Crippen LogP contribution < -0.4 is 0 Å². The Morgan fingerprint density at radius 1 is 1.23 bits per heavy atom. The molecule has 0 amide bonds. The van der Waals surface area contributed by atoms with E-state index >= 15 is 0 Å². The van der Waals surface area contributed by atoms with Crippen LogP contribution >= 0.6 is 0 Å². The molecule has 0 atom stereocenters. The van der Waals surface area contributed by atoms with Gasteiger partial charge in [0.1, 0.15) is 12.4 Å². The van der Waals surface area contributed by atoms with E-state index in [2.05, 4.69) is 9.98 Å². The van der Waals surface area contributed by atoms with Crippen LogP contribution in [-0.4, -0.2) is 24.4 Å². The van der Waals surface area contributed by atoms with Gasteiger partial charge in [-0.25, -0.2) is 4.99 Å². The minimum absolute atomic E-state index is 0.0274. The maximum atomic E-state index is 10.8. The number of amidine groups is 1. The maximum Gasteiger partial charge on any atom is 0.195 e. The predicted octanol–water partition coefficient (Wildman–Crippen LogP) is 1.62. The van der Waals surface area contributed by atoms with Crippen LogP contribution in [0.3, 0.4) is 0 Å². The summed E-state index contributed by atoms with van der Waals surface area (Å²) >= 11 is 0. The Balaban J connectivity index is 2.00. The first kappa shape index (κ1) is 8.60. The molecule has 13 heavy (non-hydrogen) atoms. The minimum Gasteiger partial charge on any atom is -0.291 e. The average Bonchev–Trinajstić information content (AvgIpc) is 2.20. The van der Waals surface area contributed by atoms with Crippen LogP contribution in [0.5, 0.6) is 0 Å². The van der Waals surface area contributed by atoms with Crippen molar-refractivity contribution in [2.75, 3.05) is 6.54 Å². The molecule has 2 rings (SSSR count). The van der Waals surface area contributed by atoms with Gasteiger partial charge in [0.2, 0.25) is 0 Å². The third-order valence-electron chi connectivity index (χ3n) is 2.71. The highest BCUT2D eigenvalue weighted by atomic mass is 16.1. The lowest BCUT2D eigenvalue weighted by Crippen LogP contribution is -2.22. The Kier molecular flexibility index (Phi) is 2.52. The normalized spacial score (nSPS) is 24.6.